The van der Waals surface area contributed by atoms with Crippen molar-refractivity contribution >= 4 is 11.9 Å². The summed E-state index contributed by atoms with van der Waals surface area (Å²) in [6.45, 7) is 4.96. The van der Waals surface area contributed by atoms with Crippen LogP contribution in [-0.4, -0.2) is 47.4 Å². The second-order valence-corrected chi connectivity index (χ2v) is 21.7. The molecule has 0 radical (unpaired) electrons. The topological polar surface area (TPSA) is 95.9 Å². The van der Waals surface area contributed by atoms with Gasteiger partial charge in [-0.25, -0.2) is 0 Å². The Bertz CT molecular complexity index is 1030. The van der Waals surface area contributed by atoms with Crippen LogP contribution >= 0.6 is 0 Å². The van der Waals surface area contributed by atoms with Crippen LogP contribution in [0.2, 0.25) is 0 Å². The molecule has 0 aliphatic heterocycles. The van der Waals surface area contributed by atoms with Gasteiger partial charge in [0.15, 0.2) is 0 Å². The van der Waals surface area contributed by atoms with Gasteiger partial charge >= 0.3 is 5.97 Å². The third kappa shape index (κ3) is 55.8. The molecule has 6 nitrogen and oxygen atoms in total. The van der Waals surface area contributed by atoms with Crippen molar-refractivity contribution in [1.82, 2.24) is 5.32 Å². The first kappa shape index (κ1) is 67.6. The Morgan fingerprint density at radius 1 is 0.391 bits per heavy atom. The van der Waals surface area contributed by atoms with Crippen molar-refractivity contribution in [1.29, 1.82) is 0 Å². The molecule has 0 aliphatic carbocycles. The Morgan fingerprint density at radius 3 is 1.03 bits per heavy atom. The first-order chi connectivity index (χ1) is 34.0. The Kier molecular flexibility index (Phi) is 58.0. The van der Waals surface area contributed by atoms with E-state index < -0.39 is 12.1 Å². The normalized spacial score (nSPS) is 12.6. The Labute approximate surface area is 431 Å². The van der Waals surface area contributed by atoms with E-state index in [0.29, 0.717) is 25.9 Å². The number of rotatable bonds is 59. The Balaban J connectivity index is 3.34. The minimum atomic E-state index is -0.663. The SMILES string of the molecule is CCCCCCCCCCCCCCCCCCC(=O)OCCCCCCCCCCCCCC/C=C\CCCCCCCCCCCCC(=O)NC(CO)C(O)CCCCCCCCCCCC. The highest BCUT2D eigenvalue weighted by molar-refractivity contribution is 5.76. The number of esters is 1. The summed E-state index contributed by atoms with van der Waals surface area (Å²) in [7, 11) is 0. The zero-order chi connectivity index (χ0) is 50.0. The molecule has 6 heteroatoms. The minimum Gasteiger partial charge on any atom is -0.466 e. The maximum absolute atomic E-state index is 12.4. The van der Waals surface area contributed by atoms with Gasteiger partial charge in [-0.2, -0.15) is 0 Å². The lowest BCUT2D eigenvalue weighted by Gasteiger charge is -2.22. The van der Waals surface area contributed by atoms with Crippen molar-refractivity contribution < 1.29 is 24.5 Å². The molecular formula is C63H123NO5. The number of hydrogen-bond acceptors (Lipinski definition) is 5. The van der Waals surface area contributed by atoms with E-state index in [9.17, 15) is 19.8 Å². The number of nitrogens with one attached hydrogen (secondary N) is 1. The maximum atomic E-state index is 12.4. The minimum absolute atomic E-state index is 0.0183. The van der Waals surface area contributed by atoms with E-state index in [1.807, 2.05) is 0 Å². The van der Waals surface area contributed by atoms with Gasteiger partial charge in [-0.15, -0.1) is 0 Å². The predicted octanol–water partition coefficient (Wildman–Crippen LogP) is 19.6. The standard InChI is InChI=1S/C63H123NO5/c1-3-5-7-9-11-13-15-16-17-31-34-37-41-45-49-53-57-63(68)69-58-54-50-46-42-38-35-32-29-27-25-23-21-19-18-20-22-24-26-28-30-33-36-40-44-48-52-56-62(67)64-60(59-65)61(66)55-51-47-43-39-14-12-10-8-6-4-2/h18,20,60-61,65-66H,3-17,19,21-59H2,1-2H3,(H,64,67)/b20-18-. The molecule has 0 aromatic rings. The summed E-state index contributed by atoms with van der Waals surface area (Å²) in [5, 5.41) is 23.2. The molecule has 3 N–H and O–H groups in total. The quantitative estimate of drug-likeness (QED) is 0.0321. The smallest absolute Gasteiger partial charge is 0.305 e. The van der Waals surface area contributed by atoms with E-state index in [-0.39, 0.29) is 18.5 Å². The molecule has 0 saturated heterocycles. The second-order valence-electron chi connectivity index (χ2n) is 21.7. The number of amides is 1. The van der Waals surface area contributed by atoms with E-state index in [1.165, 1.54) is 283 Å². The van der Waals surface area contributed by atoms with Crippen molar-refractivity contribution in [3.8, 4) is 0 Å². The maximum Gasteiger partial charge on any atom is 0.305 e. The van der Waals surface area contributed by atoms with Crippen LogP contribution in [0.4, 0.5) is 0 Å². The van der Waals surface area contributed by atoms with E-state index in [0.717, 1.165) is 38.5 Å². The van der Waals surface area contributed by atoms with Gasteiger partial charge in [0.2, 0.25) is 5.91 Å². The van der Waals surface area contributed by atoms with Crippen molar-refractivity contribution in [2.75, 3.05) is 13.2 Å². The number of carbonyl (C=O) groups excluding carboxylic acids is 2. The number of carbonyl (C=O) groups is 2. The van der Waals surface area contributed by atoms with Crippen molar-refractivity contribution in [3.63, 3.8) is 0 Å². The van der Waals surface area contributed by atoms with Crippen molar-refractivity contribution in [3.05, 3.63) is 12.2 Å². The van der Waals surface area contributed by atoms with Crippen LogP contribution in [0.3, 0.4) is 0 Å². The van der Waals surface area contributed by atoms with E-state index in [4.69, 9.17) is 4.74 Å². The lowest BCUT2D eigenvalue weighted by atomic mass is 10.0. The summed E-state index contributed by atoms with van der Waals surface area (Å²) in [4.78, 5) is 24.5. The van der Waals surface area contributed by atoms with Gasteiger partial charge in [-0.1, -0.05) is 302 Å². The molecule has 0 saturated carbocycles. The third-order valence-electron chi connectivity index (χ3n) is 14.8. The fraction of sp³-hybridized carbons (Fsp3) is 0.937. The van der Waals surface area contributed by atoms with Crippen LogP contribution in [0.1, 0.15) is 354 Å². The van der Waals surface area contributed by atoms with Gasteiger partial charge < -0.3 is 20.3 Å². The molecule has 69 heavy (non-hydrogen) atoms. The van der Waals surface area contributed by atoms with Gasteiger partial charge in [-0.05, 0) is 51.4 Å². The fourth-order valence-corrected chi connectivity index (χ4v) is 9.99. The molecule has 0 heterocycles. The molecule has 0 aliphatic rings. The van der Waals surface area contributed by atoms with Gasteiger partial charge in [0.1, 0.15) is 0 Å². The Morgan fingerprint density at radius 2 is 0.681 bits per heavy atom. The Hall–Kier alpha value is -1.40. The molecule has 0 aromatic heterocycles. The zero-order valence-corrected chi connectivity index (χ0v) is 46.8. The van der Waals surface area contributed by atoms with E-state index in [2.05, 4.69) is 31.3 Å². The number of allylic oxidation sites excluding steroid dienone is 2. The van der Waals surface area contributed by atoms with Crippen LogP contribution in [0.25, 0.3) is 0 Å². The largest absolute Gasteiger partial charge is 0.466 e. The van der Waals surface area contributed by atoms with Gasteiger partial charge in [-0.3, -0.25) is 9.59 Å². The van der Waals surface area contributed by atoms with Crippen molar-refractivity contribution in [2.24, 2.45) is 0 Å². The number of hydrogen-bond donors (Lipinski definition) is 3. The van der Waals surface area contributed by atoms with Crippen LogP contribution in [0.15, 0.2) is 12.2 Å². The first-order valence-corrected chi connectivity index (χ1v) is 31.4. The highest BCUT2D eigenvalue weighted by atomic mass is 16.5. The average molecular weight is 975 g/mol. The van der Waals surface area contributed by atoms with Gasteiger partial charge in [0.05, 0.1) is 25.4 Å². The highest BCUT2D eigenvalue weighted by Crippen LogP contribution is 2.18. The molecule has 0 fully saturated rings. The molecule has 0 rings (SSSR count). The van der Waals surface area contributed by atoms with Crippen LogP contribution in [0.5, 0.6) is 0 Å². The monoisotopic (exact) mass is 974 g/mol. The average Bonchev–Trinajstić information content (AvgIpc) is 3.35. The van der Waals surface area contributed by atoms with E-state index in [1.54, 1.807) is 0 Å². The summed E-state index contributed by atoms with van der Waals surface area (Å²) in [5.74, 6) is -0.0187. The number of aliphatic hydroxyl groups excluding tert-OH is 2. The van der Waals surface area contributed by atoms with Crippen LogP contribution in [0, 0.1) is 0 Å². The molecule has 2 atom stereocenters. The van der Waals surface area contributed by atoms with Crippen LogP contribution in [-0.2, 0) is 14.3 Å². The lowest BCUT2D eigenvalue weighted by molar-refractivity contribution is -0.143. The zero-order valence-electron chi connectivity index (χ0n) is 46.8. The highest BCUT2D eigenvalue weighted by Gasteiger charge is 2.20. The number of unbranched alkanes of at least 4 members (excludes halogenated alkanes) is 46. The molecule has 0 bridgehead atoms. The molecule has 2 unspecified atom stereocenters. The molecule has 0 spiro atoms. The molecule has 1 amide bonds. The lowest BCUT2D eigenvalue weighted by Crippen LogP contribution is -2.45. The molecule has 410 valence electrons. The number of ether oxygens (including phenoxy) is 1. The summed E-state index contributed by atoms with van der Waals surface area (Å²) in [6.07, 6.45) is 70.9. The summed E-state index contributed by atoms with van der Waals surface area (Å²) in [5.41, 5.74) is 0. The predicted molar refractivity (Wildman–Crippen MR) is 301 cm³/mol. The third-order valence-corrected chi connectivity index (χ3v) is 14.8. The summed E-state index contributed by atoms with van der Waals surface area (Å²) < 4.78 is 5.50. The fourth-order valence-electron chi connectivity index (χ4n) is 9.99. The summed E-state index contributed by atoms with van der Waals surface area (Å²) >= 11 is 0. The summed E-state index contributed by atoms with van der Waals surface area (Å²) in [6, 6.07) is -0.540. The van der Waals surface area contributed by atoms with Crippen molar-refractivity contribution in [2.45, 2.75) is 366 Å². The van der Waals surface area contributed by atoms with Gasteiger partial charge in [0, 0.05) is 12.8 Å². The van der Waals surface area contributed by atoms with Crippen LogP contribution < -0.4 is 5.32 Å². The van der Waals surface area contributed by atoms with Gasteiger partial charge in [0.25, 0.3) is 0 Å². The second kappa shape index (κ2) is 59.2. The number of aliphatic hydroxyl groups is 2. The first-order valence-electron chi connectivity index (χ1n) is 31.4. The molecular weight excluding hydrogens is 851 g/mol. The molecule has 0 aromatic carbocycles. The van der Waals surface area contributed by atoms with E-state index >= 15 is 0 Å².